The normalized spacial score (nSPS) is 11.5. The first-order chi connectivity index (χ1) is 10.1. The smallest absolute Gasteiger partial charge is 0.172 e. The van der Waals surface area contributed by atoms with Crippen molar-refractivity contribution >= 4 is 16.7 Å². The van der Waals surface area contributed by atoms with Gasteiger partial charge >= 0.3 is 0 Å². The molecule has 2 aromatic carbocycles. The van der Waals surface area contributed by atoms with Crippen molar-refractivity contribution in [2.75, 3.05) is 0 Å². The summed E-state index contributed by atoms with van der Waals surface area (Å²) in [6.07, 6.45) is 1.75. The minimum atomic E-state index is -0.552. The molecule has 21 heavy (non-hydrogen) atoms. The molecule has 0 aliphatic rings. The third kappa shape index (κ3) is 2.45. The molecule has 0 unspecified atom stereocenters. The number of hydrogen-bond donors (Lipinski definition) is 0. The largest absolute Gasteiger partial charge is 0.293 e. The molecule has 0 fully saturated rings. The van der Waals surface area contributed by atoms with E-state index in [0.29, 0.717) is 5.56 Å². The van der Waals surface area contributed by atoms with Crippen LogP contribution in [0.2, 0.25) is 0 Å². The predicted octanol–water partition coefficient (Wildman–Crippen LogP) is 4.40. The summed E-state index contributed by atoms with van der Waals surface area (Å²) in [4.78, 5) is 17.2. The number of pyridine rings is 1. The van der Waals surface area contributed by atoms with Crippen LogP contribution in [0, 0.1) is 0 Å². The van der Waals surface area contributed by atoms with E-state index in [9.17, 15) is 4.79 Å². The molecule has 0 amide bonds. The number of nitrogens with zero attached hydrogens (tertiary/aromatic N) is 1. The van der Waals surface area contributed by atoms with Gasteiger partial charge in [0.2, 0.25) is 0 Å². The third-order valence-electron chi connectivity index (χ3n) is 3.93. The maximum Gasteiger partial charge on any atom is 0.172 e. The van der Waals surface area contributed by atoms with Crippen LogP contribution in [0.25, 0.3) is 10.9 Å². The molecule has 0 radical (unpaired) electrons. The Kier molecular flexibility index (Phi) is 3.30. The van der Waals surface area contributed by atoms with E-state index in [1.807, 2.05) is 74.5 Å². The Hall–Kier alpha value is -2.48. The van der Waals surface area contributed by atoms with Crippen molar-refractivity contribution in [3.63, 3.8) is 0 Å². The van der Waals surface area contributed by atoms with Crippen molar-refractivity contribution in [2.45, 2.75) is 19.3 Å². The Morgan fingerprint density at radius 1 is 0.952 bits per heavy atom. The molecule has 0 aliphatic heterocycles. The van der Waals surface area contributed by atoms with Crippen molar-refractivity contribution in [2.24, 2.45) is 0 Å². The van der Waals surface area contributed by atoms with Crippen molar-refractivity contribution in [1.29, 1.82) is 0 Å². The first-order valence-electron chi connectivity index (χ1n) is 7.04. The number of hydrogen-bond acceptors (Lipinski definition) is 2. The molecule has 3 aromatic rings. The first kappa shape index (κ1) is 13.5. The lowest BCUT2D eigenvalue weighted by molar-refractivity contribution is 0.0909. The van der Waals surface area contributed by atoms with Crippen molar-refractivity contribution in [3.05, 3.63) is 78.0 Å². The van der Waals surface area contributed by atoms with E-state index in [1.165, 1.54) is 0 Å². The van der Waals surface area contributed by atoms with Crippen molar-refractivity contribution in [1.82, 2.24) is 4.98 Å². The molecule has 0 aliphatic carbocycles. The molecular formula is C19H17NO. The number of benzene rings is 2. The van der Waals surface area contributed by atoms with E-state index in [2.05, 4.69) is 4.98 Å². The zero-order valence-electron chi connectivity index (χ0n) is 12.2. The van der Waals surface area contributed by atoms with Crippen LogP contribution in [0.3, 0.4) is 0 Å². The van der Waals surface area contributed by atoms with Crippen molar-refractivity contribution in [3.8, 4) is 0 Å². The molecule has 0 spiro atoms. The highest BCUT2D eigenvalue weighted by atomic mass is 16.1. The van der Waals surface area contributed by atoms with E-state index in [1.54, 1.807) is 6.20 Å². The molecular weight excluding hydrogens is 258 g/mol. The highest BCUT2D eigenvalue weighted by Gasteiger charge is 2.30. The van der Waals surface area contributed by atoms with Gasteiger partial charge in [0, 0.05) is 17.1 Å². The maximum atomic E-state index is 12.9. The third-order valence-corrected chi connectivity index (χ3v) is 3.93. The van der Waals surface area contributed by atoms with Gasteiger partial charge in [0.25, 0.3) is 0 Å². The molecule has 0 N–H and O–H groups in total. The van der Waals surface area contributed by atoms with E-state index < -0.39 is 5.41 Å². The predicted molar refractivity (Wildman–Crippen MR) is 85.5 cm³/mol. The zero-order chi connectivity index (χ0) is 14.9. The summed E-state index contributed by atoms with van der Waals surface area (Å²) in [5, 5.41) is 1.05. The highest BCUT2D eigenvalue weighted by molar-refractivity contribution is 6.05. The summed E-state index contributed by atoms with van der Waals surface area (Å²) in [6, 6.07) is 19.5. The molecule has 2 nitrogen and oxygen atoms in total. The molecule has 3 rings (SSSR count). The summed E-state index contributed by atoms with van der Waals surface area (Å²) in [5.41, 5.74) is 2.03. The minimum Gasteiger partial charge on any atom is -0.293 e. The van der Waals surface area contributed by atoms with Gasteiger partial charge in [-0.05, 0) is 31.5 Å². The Morgan fingerprint density at radius 2 is 1.71 bits per heavy atom. The second-order valence-corrected chi connectivity index (χ2v) is 5.73. The Morgan fingerprint density at radius 3 is 2.48 bits per heavy atom. The summed E-state index contributed by atoms with van der Waals surface area (Å²) < 4.78 is 0. The van der Waals surface area contributed by atoms with Crippen LogP contribution < -0.4 is 0 Å². The quantitative estimate of drug-likeness (QED) is 0.663. The lowest BCUT2D eigenvalue weighted by Gasteiger charge is -2.23. The number of aromatic nitrogens is 1. The standard InChI is InChI=1S/C19H17NO/c1-19(2,16-8-4-3-5-9-16)18(21)15-11-10-14-7-6-12-20-17(14)13-15/h3-13H,1-2H3. The Bertz CT molecular complexity index is 791. The average Bonchev–Trinajstić information content (AvgIpc) is 2.54. The van der Waals surface area contributed by atoms with Crippen LogP contribution in [-0.4, -0.2) is 10.8 Å². The molecule has 0 saturated heterocycles. The lowest BCUT2D eigenvalue weighted by Crippen LogP contribution is -2.29. The molecule has 104 valence electrons. The molecule has 0 saturated carbocycles. The fourth-order valence-corrected chi connectivity index (χ4v) is 2.55. The number of Topliss-reactive ketones (excluding diaryl/α,β-unsaturated/α-hetero) is 1. The second kappa shape index (κ2) is 5.13. The van der Waals surface area contributed by atoms with Gasteiger partial charge in [0.1, 0.15) is 0 Å². The monoisotopic (exact) mass is 275 g/mol. The average molecular weight is 275 g/mol. The number of fused-ring (bicyclic) bond motifs is 1. The maximum absolute atomic E-state index is 12.9. The summed E-state index contributed by atoms with van der Waals surface area (Å²) in [7, 11) is 0. The highest BCUT2D eigenvalue weighted by Crippen LogP contribution is 2.28. The van der Waals surface area contributed by atoms with Crippen LogP contribution in [0.15, 0.2) is 66.9 Å². The second-order valence-electron chi connectivity index (χ2n) is 5.73. The van der Waals surface area contributed by atoms with Crippen LogP contribution >= 0.6 is 0 Å². The number of rotatable bonds is 3. The Balaban J connectivity index is 2.03. The number of carbonyl (C=O) groups is 1. The number of ketones is 1. The van der Waals surface area contributed by atoms with Gasteiger partial charge in [-0.1, -0.05) is 48.5 Å². The SMILES string of the molecule is CC(C)(C(=O)c1ccc2cccnc2c1)c1ccccc1. The van der Waals surface area contributed by atoms with Gasteiger partial charge in [-0.25, -0.2) is 0 Å². The fraction of sp³-hybridized carbons (Fsp3) is 0.158. The topological polar surface area (TPSA) is 30.0 Å². The van der Waals surface area contributed by atoms with Crippen LogP contribution in [0.1, 0.15) is 29.8 Å². The van der Waals surface area contributed by atoms with Gasteiger partial charge in [-0.2, -0.15) is 0 Å². The number of carbonyl (C=O) groups excluding carboxylic acids is 1. The fourth-order valence-electron chi connectivity index (χ4n) is 2.55. The zero-order valence-corrected chi connectivity index (χ0v) is 12.2. The molecule has 1 heterocycles. The van der Waals surface area contributed by atoms with E-state index in [0.717, 1.165) is 16.5 Å². The van der Waals surface area contributed by atoms with Crippen LogP contribution in [0.5, 0.6) is 0 Å². The summed E-state index contributed by atoms with van der Waals surface area (Å²) in [6.45, 7) is 3.93. The molecule has 0 bridgehead atoms. The molecule has 2 heteroatoms. The van der Waals surface area contributed by atoms with E-state index in [4.69, 9.17) is 0 Å². The van der Waals surface area contributed by atoms with Gasteiger partial charge in [-0.3, -0.25) is 9.78 Å². The van der Waals surface area contributed by atoms with Gasteiger partial charge in [0.15, 0.2) is 5.78 Å². The lowest BCUT2D eigenvalue weighted by atomic mass is 9.78. The van der Waals surface area contributed by atoms with Gasteiger partial charge < -0.3 is 0 Å². The first-order valence-corrected chi connectivity index (χ1v) is 7.04. The van der Waals surface area contributed by atoms with Crippen LogP contribution in [0.4, 0.5) is 0 Å². The minimum absolute atomic E-state index is 0.112. The molecule has 1 aromatic heterocycles. The summed E-state index contributed by atoms with van der Waals surface area (Å²) >= 11 is 0. The van der Waals surface area contributed by atoms with E-state index >= 15 is 0 Å². The van der Waals surface area contributed by atoms with Gasteiger partial charge in [0.05, 0.1) is 10.9 Å². The Labute approximate surface area is 124 Å². The summed E-state index contributed by atoms with van der Waals surface area (Å²) in [5.74, 6) is 0.112. The van der Waals surface area contributed by atoms with Crippen LogP contribution in [-0.2, 0) is 5.41 Å². The molecule has 0 atom stereocenters. The van der Waals surface area contributed by atoms with Crippen molar-refractivity contribution < 1.29 is 4.79 Å². The van der Waals surface area contributed by atoms with Gasteiger partial charge in [-0.15, -0.1) is 0 Å². The van der Waals surface area contributed by atoms with E-state index in [-0.39, 0.29) is 5.78 Å².